The van der Waals surface area contributed by atoms with Crippen LogP contribution in [-0.2, 0) is 10.0 Å². The lowest BCUT2D eigenvalue weighted by atomic mass is 10.3. The second kappa shape index (κ2) is 7.91. The molecular weight excluding hydrogens is 383 g/mol. The summed E-state index contributed by atoms with van der Waals surface area (Å²) < 4.78 is 27.1. The number of nitriles is 2. The number of allylic oxidation sites excluding steroid dienone is 1. The summed E-state index contributed by atoms with van der Waals surface area (Å²) in [5.41, 5.74) is 0.710. The molecule has 0 unspecified atom stereocenters. The summed E-state index contributed by atoms with van der Waals surface area (Å²) in [5.74, 6) is 0. The fourth-order valence-corrected chi connectivity index (χ4v) is 3.10. The molecule has 126 valence electrons. The molecule has 6 nitrogen and oxygen atoms in total. The first-order valence-electron chi connectivity index (χ1n) is 6.70. The van der Waals surface area contributed by atoms with E-state index < -0.39 is 10.0 Å². The minimum Gasteiger partial charge on any atom is -0.360 e. The monoisotopic (exact) mass is 392 g/mol. The van der Waals surface area contributed by atoms with Crippen LogP contribution in [0.4, 0.5) is 11.4 Å². The number of nitrogens with one attached hydrogen (secondary N) is 2. The summed E-state index contributed by atoms with van der Waals surface area (Å²) in [6, 6.07) is 13.6. The first kappa shape index (κ1) is 18.6. The highest BCUT2D eigenvalue weighted by atomic mass is 35.5. The highest BCUT2D eigenvalue weighted by molar-refractivity contribution is 7.92. The van der Waals surface area contributed by atoms with E-state index >= 15 is 0 Å². The molecule has 0 aliphatic carbocycles. The van der Waals surface area contributed by atoms with Gasteiger partial charge in [0.2, 0.25) is 0 Å². The Morgan fingerprint density at radius 1 is 0.960 bits per heavy atom. The number of nitrogens with zero attached hydrogens (tertiary/aromatic N) is 2. The van der Waals surface area contributed by atoms with Crippen molar-refractivity contribution >= 4 is 44.6 Å². The molecule has 0 aromatic heterocycles. The fraction of sp³-hybridized carbons (Fsp3) is 0. The van der Waals surface area contributed by atoms with Crippen molar-refractivity contribution in [3.63, 3.8) is 0 Å². The average molecular weight is 393 g/mol. The number of rotatable bonds is 5. The van der Waals surface area contributed by atoms with Crippen LogP contribution in [0.3, 0.4) is 0 Å². The Morgan fingerprint density at radius 2 is 1.56 bits per heavy atom. The van der Waals surface area contributed by atoms with Crippen molar-refractivity contribution in [2.45, 2.75) is 4.90 Å². The van der Waals surface area contributed by atoms with Gasteiger partial charge in [-0.25, -0.2) is 8.42 Å². The average Bonchev–Trinajstić information content (AvgIpc) is 2.59. The standard InChI is InChI=1S/C16H10Cl2N4O2S/c17-15-6-3-13(7-16(15)18)22-25(23,24)14-4-1-12(2-5-14)21-10-11(8-19)9-20/h1-7,10,21-22H. The highest BCUT2D eigenvalue weighted by Crippen LogP contribution is 2.26. The Labute approximate surface area is 155 Å². The first-order chi connectivity index (χ1) is 11.9. The Morgan fingerprint density at radius 3 is 2.12 bits per heavy atom. The van der Waals surface area contributed by atoms with Crippen molar-refractivity contribution in [2.24, 2.45) is 0 Å². The summed E-state index contributed by atoms with van der Waals surface area (Å²) in [7, 11) is -3.80. The molecule has 2 rings (SSSR count). The van der Waals surface area contributed by atoms with E-state index in [9.17, 15) is 8.42 Å². The van der Waals surface area contributed by atoms with E-state index in [4.69, 9.17) is 33.7 Å². The van der Waals surface area contributed by atoms with Crippen LogP contribution in [0.5, 0.6) is 0 Å². The molecule has 2 N–H and O–H groups in total. The van der Waals surface area contributed by atoms with Crippen LogP contribution < -0.4 is 10.0 Å². The molecule has 0 saturated heterocycles. The normalized spacial score (nSPS) is 10.2. The topological polar surface area (TPSA) is 106 Å². The van der Waals surface area contributed by atoms with Crippen LogP contribution in [0.15, 0.2) is 59.1 Å². The van der Waals surface area contributed by atoms with Crippen LogP contribution in [-0.4, -0.2) is 8.42 Å². The fourth-order valence-electron chi connectivity index (χ4n) is 1.75. The summed E-state index contributed by atoms with van der Waals surface area (Å²) in [6.45, 7) is 0. The quantitative estimate of drug-likeness (QED) is 0.743. The van der Waals surface area contributed by atoms with E-state index in [1.807, 2.05) is 0 Å². The zero-order valence-corrected chi connectivity index (χ0v) is 14.8. The van der Waals surface area contributed by atoms with E-state index in [0.717, 1.165) is 0 Å². The van der Waals surface area contributed by atoms with Crippen molar-refractivity contribution in [3.8, 4) is 12.1 Å². The van der Waals surface area contributed by atoms with Gasteiger partial charge in [0.05, 0.1) is 20.6 Å². The lowest BCUT2D eigenvalue weighted by Gasteiger charge is -2.09. The van der Waals surface area contributed by atoms with Gasteiger partial charge in [-0.2, -0.15) is 10.5 Å². The van der Waals surface area contributed by atoms with Crippen molar-refractivity contribution in [3.05, 3.63) is 64.3 Å². The molecule has 2 aromatic carbocycles. The van der Waals surface area contributed by atoms with Gasteiger partial charge in [-0.15, -0.1) is 0 Å². The SMILES string of the molecule is N#CC(C#N)=CNc1ccc(S(=O)(=O)Nc2ccc(Cl)c(Cl)c2)cc1. The minimum atomic E-state index is -3.80. The van der Waals surface area contributed by atoms with Crippen LogP contribution in [0.25, 0.3) is 0 Å². The molecular formula is C16H10Cl2N4O2S. The second-order valence-corrected chi connectivity index (χ2v) is 7.18. The number of benzene rings is 2. The van der Waals surface area contributed by atoms with Crippen molar-refractivity contribution in [1.29, 1.82) is 10.5 Å². The van der Waals surface area contributed by atoms with E-state index in [-0.39, 0.29) is 21.2 Å². The molecule has 0 spiro atoms. The summed E-state index contributed by atoms with van der Waals surface area (Å²) in [5, 5.41) is 20.6. The second-order valence-electron chi connectivity index (χ2n) is 4.68. The van der Waals surface area contributed by atoms with Gasteiger partial charge in [0, 0.05) is 11.9 Å². The highest BCUT2D eigenvalue weighted by Gasteiger charge is 2.14. The van der Waals surface area contributed by atoms with Gasteiger partial charge in [0.1, 0.15) is 17.7 Å². The number of hydrogen-bond acceptors (Lipinski definition) is 5. The zero-order chi connectivity index (χ0) is 18.4. The predicted molar refractivity (Wildman–Crippen MR) is 96.6 cm³/mol. The molecule has 0 heterocycles. The number of hydrogen-bond donors (Lipinski definition) is 2. The lowest BCUT2D eigenvalue weighted by Crippen LogP contribution is -2.12. The van der Waals surface area contributed by atoms with Crippen LogP contribution in [0.2, 0.25) is 10.0 Å². The third kappa shape index (κ3) is 4.88. The van der Waals surface area contributed by atoms with Crippen molar-refractivity contribution in [1.82, 2.24) is 0 Å². The van der Waals surface area contributed by atoms with E-state index in [0.29, 0.717) is 10.7 Å². The molecule has 25 heavy (non-hydrogen) atoms. The lowest BCUT2D eigenvalue weighted by molar-refractivity contribution is 0.601. The molecule has 0 aliphatic rings. The summed E-state index contributed by atoms with van der Waals surface area (Å²) in [4.78, 5) is 0.0360. The molecule has 0 radical (unpaired) electrons. The molecule has 2 aromatic rings. The molecule has 0 atom stereocenters. The van der Waals surface area contributed by atoms with Gasteiger partial charge in [-0.1, -0.05) is 23.2 Å². The summed E-state index contributed by atoms with van der Waals surface area (Å²) in [6.07, 6.45) is 1.23. The Kier molecular flexibility index (Phi) is 5.89. The van der Waals surface area contributed by atoms with E-state index in [2.05, 4.69) is 10.0 Å². The van der Waals surface area contributed by atoms with Crippen LogP contribution in [0, 0.1) is 22.7 Å². The first-order valence-corrected chi connectivity index (χ1v) is 8.94. The van der Waals surface area contributed by atoms with Gasteiger partial charge in [0.25, 0.3) is 10.0 Å². The number of halogens is 2. The Hall–Kier alpha value is -2.71. The van der Waals surface area contributed by atoms with Crippen LogP contribution in [0.1, 0.15) is 0 Å². The van der Waals surface area contributed by atoms with Crippen molar-refractivity contribution in [2.75, 3.05) is 10.0 Å². The van der Waals surface area contributed by atoms with Crippen molar-refractivity contribution < 1.29 is 8.42 Å². The van der Waals surface area contributed by atoms with Crippen LogP contribution >= 0.6 is 23.2 Å². The summed E-state index contributed by atoms with van der Waals surface area (Å²) >= 11 is 11.7. The van der Waals surface area contributed by atoms with Gasteiger partial charge in [-0.3, -0.25) is 4.72 Å². The zero-order valence-electron chi connectivity index (χ0n) is 12.5. The number of sulfonamides is 1. The molecule has 9 heteroatoms. The third-order valence-electron chi connectivity index (χ3n) is 2.96. The largest absolute Gasteiger partial charge is 0.360 e. The maximum Gasteiger partial charge on any atom is 0.261 e. The molecule has 0 fully saturated rings. The van der Waals surface area contributed by atoms with E-state index in [1.165, 1.54) is 48.7 Å². The molecule has 0 bridgehead atoms. The van der Waals surface area contributed by atoms with Gasteiger partial charge < -0.3 is 5.32 Å². The Bertz CT molecular complexity index is 988. The van der Waals surface area contributed by atoms with Gasteiger partial charge in [0.15, 0.2) is 0 Å². The third-order valence-corrected chi connectivity index (χ3v) is 5.10. The van der Waals surface area contributed by atoms with E-state index in [1.54, 1.807) is 12.1 Å². The Balaban J connectivity index is 2.17. The molecule has 0 aliphatic heterocycles. The molecule has 0 saturated carbocycles. The maximum absolute atomic E-state index is 12.4. The maximum atomic E-state index is 12.4. The predicted octanol–water partition coefficient (Wildman–Crippen LogP) is 4.14. The number of anilines is 2. The minimum absolute atomic E-state index is 0.0360. The smallest absolute Gasteiger partial charge is 0.261 e. The van der Waals surface area contributed by atoms with Gasteiger partial charge in [-0.05, 0) is 42.5 Å². The van der Waals surface area contributed by atoms with Gasteiger partial charge >= 0.3 is 0 Å². The molecule has 0 amide bonds.